The molecule has 3 aromatic rings. The lowest BCUT2D eigenvalue weighted by Crippen LogP contribution is -2.28. The molecule has 0 aliphatic rings. The molecule has 102 valence electrons. The lowest BCUT2D eigenvalue weighted by atomic mass is 10.0. The highest BCUT2D eigenvalue weighted by atomic mass is 79.9. The van der Waals surface area contributed by atoms with Gasteiger partial charge in [0.1, 0.15) is 5.82 Å². The van der Waals surface area contributed by atoms with Crippen LogP contribution in [-0.4, -0.2) is 0 Å². The molecule has 3 rings (SSSR count). The van der Waals surface area contributed by atoms with Crippen LogP contribution < -0.4 is 11.3 Å². The van der Waals surface area contributed by atoms with Crippen LogP contribution in [0.4, 0.5) is 4.39 Å². The van der Waals surface area contributed by atoms with Crippen LogP contribution in [0.2, 0.25) is 0 Å². The van der Waals surface area contributed by atoms with Crippen molar-refractivity contribution >= 4 is 37.4 Å². The Balaban J connectivity index is 2.11. The summed E-state index contributed by atoms with van der Waals surface area (Å²) in [7, 11) is 0. The Bertz CT molecular complexity index is 723. The van der Waals surface area contributed by atoms with Crippen molar-refractivity contribution in [2.24, 2.45) is 5.84 Å². The Hall–Kier alpha value is -1.27. The minimum absolute atomic E-state index is 0.270. The quantitative estimate of drug-likeness (QED) is 0.544. The van der Waals surface area contributed by atoms with E-state index in [0.717, 1.165) is 19.4 Å². The van der Waals surface area contributed by atoms with Gasteiger partial charge in [0, 0.05) is 19.6 Å². The van der Waals surface area contributed by atoms with Crippen LogP contribution in [0.25, 0.3) is 10.1 Å². The number of halogens is 2. The van der Waals surface area contributed by atoms with E-state index in [4.69, 9.17) is 5.84 Å². The van der Waals surface area contributed by atoms with Crippen LogP contribution in [0.3, 0.4) is 0 Å². The summed E-state index contributed by atoms with van der Waals surface area (Å²) in [6.45, 7) is 0. The maximum absolute atomic E-state index is 14.0. The highest BCUT2D eigenvalue weighted by molar-refractivity contribution is 9.10. The van der Waals surface area contributed by atoms with E-state index in [2.05, 4.69) is 21.4 Å². The summed E-state index contributed by atoms with van der Waals surface area (Å²) in [6.07, 6.45) is 0. The molecule has 20 heavy (non-hydrogen) atoms. The first-order valence-electron chi connectivity index (χ1n) is 6.08. The number of nitrogens with two attached hydrogens (primary N) is 1. The second-order valence-electron chi connectivity index (χ2n) is 4.45. The number of rotatable bonds is 3. The average molecular weight is 351 g/mol. The van der Waals surface area contributed by atoms with E-state index in [0.29, 0.717) is 5.56 Å². The molecule has 0 amide bonds. The first-order chi connectivity index (χ1) is 9.69. The summed E-state index contributed by atoms with van der Waals surface area (Å²) in [5.74, 6) is 5.38. The van der Waals surface area contributed by atoms with Crippen molar-refractivity contribution in [3.05, 3.63) is 69.3 Å². The smallest absolute Gasteiger partial charge is 0.128 e. The number of hydrogen-bond acceptors (Lipinski definition) is 3. The normalized spacial score (nSPS) is 12.8. The van der Waals surface area contributed by atoms with E-state index in [-0.39, 0.29) is 11.9 Å². The van der Waals surface area contributed by atoms with Gasteiger partial charge in [-0.15, -0.1) is 11.3 Å². The van der Waals surface area contributed by atoms with Crippen LogP contribution in [0, 0.1) is 5.82 Å². The predicted octanol–water partition coefficient (Wildman–Crippen LogP) is 4.36. The summed E-state index contributed by atoms with van der Waals surface area (Å²) in [5, 5.41) is 1.14. The molecule has 0 bridgehead atoms. The zero-order valence-corrected chi connectivity index (χ0v) is 12.8. The first-order valence-corrected chi connectivity index (χ1v) is 7.69. The third-order valence-corrected chi connectivity index (χ3v) is 4.84. The summed E-state index contributed by atoms with van der Waals surface area (Å²) in [5.41, 5.74) is 3.25. The van der Waals surface area contributed by atoms with Gasteiger partial charge in [-0.05, 0) is 35.7 Å². The van der Waals surface area contributed by atoms with Crippen molar-refractivity contribution in [2.45, 2.75) is 6.04 Å². The third-order valence-electron chi connectivity index (χ3n) is 3.16. The summed E-state index contributed by atoms with van der Waals surface area (Å²) in [4.78, 5) is 0.991. The number of thiophene rings is 1. The minimum Gasteiger partial charge on any atom is -0.271 e. The van der Waals surface area contributed by atoms with Gasteiger partial charge in [-0.3, -0.25) is 5.84 Å². The Morgan fingerprint density at radius 3 is 2.70 bits per heavy atom. The van der Waals surface area contributed by atoms with Crippen LogP contribution in [0.5, 0.6) is 0 Å². The van der Waals surface area contributed by atoms with Crippen molar-refractivity contribution < 1.29 is 4.39 Å². The van der Waals surface area contributed by atoms with E-state index >= 15 is 0 Å². The number of fused-ring (bicyclic) bond motifs is 1. The monoisotopic (exact) mass is 350 g/mol. The van der Waals surface area contributed by atoms with Gasteiger partial charge < -0.3 is 0 Å². The first kappa shape index (κ1) is 13.7. The highest BCUT2D eigenvalue weighted by Crippen LogP contribution is 2.34. The Labute approximate surface area is 128 Å². The fraction of sp³-hybridized carbons (Fsp3) is 0.0667. The summed E-state index contributed by atoms with van der Waals surface area (Å²) >= 11 is 4.98. The van der Waals surface area contributed by atoms with Gasteiger partial charge in [-0.25, -0.2) is 9.82 Å². The molecule has 5 heteroatoms. The van der Waals surface area contributed by atoms with E-state index in [9.17, 15) is 4.39 Å². The van der Waals surface area contributed by atoms with Gasteiger partial charge in [-0.2, -0.15) is 0 Å². The molecule has 2 nitrogen and oxygen atoms in total. The van der Waals surface area contributed by atoms with Crippen molar-refractivity contribution in [1.29, 1.82) is 0 Å². The second kappa shape index (κ2) is 5.61. The van der Waals surface area contributed by atoms with E-state index in [1.165, 1.54) is 6.07 Å². The standard InChI is InChI=1S/C15H12BrFN2S/c16-10-5-6-12(17)11(8-10)15(19-18)14-7-9-3-1-2-4-13(9)20-14/h1-8,15,19H,18H2. The minimum atomic E-state index is -0.357. The number of benzene rings is 2. The van der Waals surface area contributed by atoms with Crippen LogP contribution in [0.1, 0.15) is 16.5 Å². The lowest BCUT2D eigenvalue weighted by Gasteiger charge is -2.15. The predicted molar refractivity (Wildman–Crippen MR) is 85.1 cm³/mol. The molecule has 0 aliphatic carbocycles. The fourth-order valence-electron chi connectivity index (χ4n) is 2.21. The zero-order chi connectivity index (χ0) is 14.1. The van der Waals surface area contributed by atoms with Crippen molar-refractivity contribution in [3.63, 3.8) is 0 Å². The largest absolute Gasteiger partial charge is 0.271 e. The summed E-state index contributed by atoms with van der Waals surface area (Å²) < 4.78 is 16.0. The fourth-order valence-corrected chi connectivity index (χ4v) is 3.73. The molecule has 1 unspecified atom stereocenters. The van der Waals surface area contributed by atoms with Gasteiger partial charge in [0.05, 0.1) is 6.04 Å². The molecule has 0 fully saturated rings. The maximum atomic E-state index is 14.0. The molecular formula is C15H12BrFN2S. The second-order valence-corrected chi connectivity index (χ2v) is 6.48. The van der Waals surface area contributed by atoms with Crippen molar-refractivity contribution in [1.82, 2.24) is 5.43 Å². The van der Waals surface area contributed by atoms with E-state index < -0.39 is 0 Å². The van der Waals surface area contributed by atoms with E-state index in [1.807, 2.05) is 30.3 Å². The SMILES string of the molecule is NNC(c1cc2ccccc2s1)c1cc(Br)ccc1F. The van der Waals surface area contributed by atoms with Gasteiger partial charge >= 0.3 is 0 Å². The van der Waals surface area contributed by atoms with Gasteiger partial charge in [0.25, 0.3) is 0 Å². The molecule has 0 radical (unpaired) electrons. The molecule has 3 N–H and O–H groups in total. The van der Waals surface area contributed by atoms with Crippen molar-refractivity contribution in [3.8, 4) is 0 Å². The van der Waals surface area contributed by atoms with Gasteiger partial charge in [0.15, 0.2) is 0 Å². The van der Waals surface area contributed by atoms with Crippen LogP contribution in [-0.2, 0) is 0 Å². The topological polar surface area (TPSA) is 38.0 Å². The summed E-state index contributed by atoms with van der Waals surface area (Å²) in [6, 6.07) is 14.6. The molecule has 1 heterocycles. The molecule has 0 saturated heterocycles. The molecule has 0 aliphatic heterocycles. The maximum Gasteiger partial charge on any atom is 0.128 e. The highest BCUT2D eigenvalue weighted by Gasteiger charge is 2.19. The molecule has 1 aromatic heterocycles. The molecule has 1 atom stereocenters. The number of hydrogen-bond donors (Lipinski definition) is 2. The Morgan fingerprint density at radius 2 is 1.95 bits per heavy atom. The van der Waals surface area contributed by atoms with Crippen LogP contribution in [0.15, 0.2) is 53.0 Å². The molecular weight excluding hydrogens is 339 g/mol. The molecule has 0 saturated carbocycles. The third kappa shape index (κ3) is 2.50. The van der Waals surface area contributed by atoms with Gasteiger partial charge in [-0.1, -0.05) is 34.1 Å². The molecule has 2 aromatic carbocycles. The van der Waals surface area contributed by atoms with Crippen LogP contribution >= 0.6 is 27.3 Å². The Kier molecular flexibility index (Phi) is 3.85. The van der Waals surface area contributed by atoms with Gasteiger partial charge in [0.2, 0.25) is 0 Å². The average Bonchev–Trinajstić information content (AvgIpc) is 2.87. The lowest BCUT2D eigenvalue weighted by molar-refractivity contribution is 0.564. The molecule has 0 spiro atoms. The van der Waals surface area contributed by atoms with E-state index in [1.54, 1.807) is 23.5 Å². The number of nitrogens with one attached hydrogen (secondary N) is 1. The van der Waals surface area contributed by atoms with Crippen molar-refractivity contribution in [2.75, 3.05) is 0 Å². The number of hydrazine groups is 1. The zero-order valence-electron chi connectivity index (χ0n) is 10.4. The Morgan fingerprint density at radius 1 is 1.15 bits per heavy atom.